The number of carboxylic acid groups (broad SMARTS) is 1. The number of hydrogen-bond donors (Lipinski definition) is 2. The molecule has 2 heterocycles. The summed E-state index contributed by atoms with van der Waals surface area (Å²) in [5.74, 6) is -1.59. The lowest BCUT2D eigenvalue weighted by atomic mass is 9.75. The van der Waals surface area contributed by atoms with E-state index in [-0.39, 0.29) is 5.91 Å². The molecule has 2 aliphatic rings. The molecule has 1 aliphatic carbocycles. The Bertz CT molecular complexity index is 786. The van der Waals surface area contributed by atoms with Crippen LogP contribution in [0.15, 0.2) is 23.3 Å². The molecule has 0 spiro atoms. The number of hydrogen-bond acceptors (Lipinski definition) is 6. The van der Waals surface area contributed by atoms with Gasteiger partial charge in [-0.05, 0) is 32.8 Å². The number of aliphatic carboxylic acids is 1. The van der Waals surface area contributed by atoms with Crippen molar-refractivity contribution in [3.05, 3.63) is 23.3 Å². The molecule has 152 valence electrons. The van der Waals surface area contributed by atoms with E-state index in [0.717, 1.165) is 17.6 Å². The van der Waals surface area contributed by atoms with Crippen molar-refractivity contribution >= 4 is 23.4 Å². The van der Waals surface area contributed by atoms with E-state index in [1.165, 1.54) is 0 Å². The summed E-state index contributed by atoms with van der Waals surface area (Å²) in [5, 5.41) is 12.6. The highest BCUT2D eigenvalue weighted by atomic mass is 16.5. The van der Waals surface area contributed by atoms with Gasteiger partial charge in [0.05, 0.1) is 37.8 Å². The summed E-state index contributed by atoms with van der Waals surface area (Å²) in [7, 11) is 1.54. The van der Waals surface area contributed by atoms with Gasteiger partial charge in [0.25, 0.3) is 0 Å². The lowest BCUT2D eigenvalue weighted by molar-refractivity contribution is -0.145. The highest BCUT2D eigenvalue weighted by Crippen LogP contribution is 2.36. The maximum atomic E-state index is 13.0. The van der Waals surface area contributed by atoms with Gasteiger partial charge in [-0.2, -0.15) is 4.98 Å². The molecular weight excluding hydrogens is 362 g/mol. The van der Waals surface area contributed by atoms with Crippen LogP contribution >= 0.6 is 0 Å². The summed E-state index contributed by atoms with van der Waals surface area (Å²) in [4.78, 5) is 31.4. The molecule has 3 rings (SSSR count). The normalized spacial score (nSPS) is 22.8. The van der Waals surface area contributed by atoms with E-state index < -0.39 is 17.8 Å². The first kappa shape index (κ1) is 20.1. The van der Waals surface area contributed by atoms with Crippen molar-refractivity contribution in [2.75, 3.05) is 43.6 Å². The molecular formula is C20H27N3O5. The Balaban J connectivity index is 1.86. The van der Waals surface area contributed by atoms with E-state index in [1.54, 1.807) is 19.2 Å². The first-order valence-corrected chi connectivity index (χ1v) is 9.50. The van der Waals surface area contributed by atoms with Crippen molar-refractivity contribution < 1.29 is 24.2 Å². The van der Waals surface area contributed by atoms with E-state index >= 15 is 0 Å². The number of aromatic nitrogens is 1. The Hall–Kier alpha value is -2.61. The lowest BCUT2D eigenvalue weighted by Gasteiger charge is -2.32. The largest absolute Gasteiger partial charge is 0.481 e. The van der Waals surface area contributed by atoms with Crippen LogP contribution in [-0.2, 0) is 14.3 Å². The van der Waals surface area contributed by atoms with Gasteiger partial charge in [0.2, 0.25) is 11.8 Å². The van der Waals surface area contributed by atoms with Crippen molar-refractivity contribution in [3.8, 4) is 5.88 Å². The van der Waals surface area contributed by atoms with Crippen LogP contribution in [0.2, 0.25) is 0 Å². The fraction of sp³-hybridized carbons (Fsp3) is 0.550. The number of methoxy groups -OCH3 is 1. The van der Waals surface area contributed by atoms with Gasteiger partial charge in [-0.1, -0.05) is 11.1 Å². The summed E-state index contributed by atoms with van der Waals surface area (Å²) in [6.45, 7) is 6.22. The predicted octanol–water partition coefficient (Wildman–Crippen LogP) is 2.31. The number of carbonyl (C=O) groups is 2. The van der Waals surface area contributed by atoms with Crippen LogP contribution in [0.5, 0.6) is 5.88 Å². The molecule has 1 amide bonds. The fourth-order valence-corrected chi connectivity index (χ4v) is 3.83. The van der Waals surface area contributed by atoms with Crippen LogP contribution in [-0.4, -0.2) is 55.4 Å². The number of anilines is 2. The molecule has 2 atom stereocenters. The standard InChI is InChI=1S/C20H27N3O5/c1-12-4-5-14(17(13(12)2)20(25)26)19(24)21-15-6-7-16(27-3)22-18(15)23-8-10-28-11-9-23/h6-7,14,17H,4-5,8-11H2,1-3H3,(H,21,24)(H,25,26)/t14-,17-/m0/s1. The summed E-state index contributed by atoms with van der Waals surface area (Å²) in [5.41, 5.74) is 2.39. The van der Waals surface area contributed by atoms with Crippen LogP contribution in [0, 0.1) is 11.8 Å². The predicted molar refractivity (Wildman–Crippen MR) is 105 cm³/mol. The van der Waals surface area contributed by atoms with Crippen molar-refractivity contribution in [1.29, 1.82) is 0 Å². The zero-order chi connectivity index (χ0) is 20.3. The van der Waals surface area contributed by atoms with Crippen molar-refractivity contribution in [2.45, 2.75) is 26.7 Å². The summed E-state index contributed by atoms with van der Waals surface area (Å²) in [6.07, 6.45) is 1.24. The van der Waals surface area contributed by atoms with Crippen LogP contribution < -0.4 is 15.0 Å². The molecule has 1 aliphatic heterocycles. The number of carboxylic acids is 1. The zero-order valence-corrected chi connectivity index (χ0v) is 16.5. The maximum Gasteiger partial charge on any atom is 0.311 e. The number of rotatable bonds is 5. The Morgan fingerprint density at radius 3 is 2.64 bits per heavy atom. The quantitative estimate of drug-likeness (QED) is 0.745. The van der Waals surface area contributed by atoms with E-state index in [1.807, 2.05) is 18.7 Å². The minimum atomic E-state index is -0.960. The monoisotopic (exact) mass is 389 g/mol. The highest BCUT2D eigenvalue weighted by molar-refractivity contribution is 5.98. The summed E-state index contributed by atoms with van der Waals surface area (Å²) < 4.78 is 10.6. The molecule has 1 saturated heterocycles. The van der Waals surface area contributed by atoms with Gasteiger partial charge in [-0.3, -0.25) is 9.59 Å². The average Bonchev–Trinajstić information content (AvgIpc) is 2.70. The second kappa shape index (κ2) is 8.60. The van der Waals surface area contributed by atoms with Crippen molar-refractivity contribution in [1.82, 2.24) is 4.98 Å². The number of nitrogens with one attached hydrogen (secondary N) is 1. The van der Waals surface area contributed by atoms with Crippen molar-refractivity contribution in [2.24, 2.45) is 11.8 Å². The van der Waals surface area contributed by atoms with Crippen LogP contribution in [0.3, 0.4) is 0 Å². The molecule has 0 unspecified atom stereocenters. The van der Waals surface area contributed by atoms with Gasteiger partial charge in [0.15, 0.2) is 5.82 Å². The number of ether oxygens (including phenoxy) is 2. The summed E-state index contributed by atoms with van der Waals surface area (Å²) >= 11 is 0. The number of nitrogens with zero attached hydrogens (tertiary/aromatic N) is 2. The molecule has 1 aromatic heterocycles. The topological polar surface area (TPSA) is 101 Å². The first-order chi connectivity index (χ1) is 13.4. The molecule has 0 aromatic carbocycles. The van der Waals surface area contributed by atoms with Crippen LogP contribution in [0.4, 0.5) is 11.5 Å². The fourth-order valence-electron chi connectivity index (χ4n) is 3.83. The molecule has 8 nitrogen and oxygen atoms in total. The van der Waals surface area contributed by atoms with Gasteiger partial charge in [0.1, 0.15) is 0 Å². The molecule has 1 fully saturated rings. The summed E-state index contributed by atoms with van der Waals surface area (Å²) in [6, 6.07) is 3.44. The smallest absolute Gasteiger partial charge is 0.311 e. The minimum Gasteiger partial charge on any atom is -0.481 e. The van der Waals surface area contributed by atoms with Crippen molar-refractivity contribution in [3.63, 3.8) is 0 Å². The lowest BCUT2D eigenvalue weighted by Crippen LogP contribution is -2.39. The number of allylic oxidation sites excluding steroid dienone is 1. The molecule has 0 radical (unpaired) electrons. The van der Waals surface area contributed by atoms with Gasteiger partial charge < -0.3 is 24.8 Å². The van der Waals surface area contributed by atoms with Gasteiger partial charge in [-0.15, -0.1) is 0 Å². The molecule has 0 bridgehead atoms. The molecule has 1 aromatic rings. The van der Waals surface area contributed by atoms with Gasteiger partial charge in [-0.25, -0.2) is 0 Å². The third kappa shape index (κ3) is 4.11. The number of amides is 1. The Morgan fingerprint density at radius 2 is 2.00 bits per heavy atom. The number of pyridine rings is 1. The van der Waals surface area contributed by atoms with E-state index in [4.69, 9.17) is 9.47 Å². The second-order valence-electron chi connectivity index (χ2n) is 7.24. The zero-order valence-electron chi connectivity index (χ0n) is 16.5. The van der Waals surface area contributed by atoms with Gasteiger partial charge >= 0.3 is 5.97 Å². The SMILES string of the molecule is COc1ccc(NC(=O)[C@H]2CCC(C)=C(C)[C@@H]2C(=O)O)c(N2CCOCC2)n1. The van der Waals surface area contributed by atoms with Gasteiger partial charge in [0, 0.05) is 19.2 Å². The first-order valence-electron chi connectivity index (χ1n) is 9.50. The maximum absolute atomic E-state index is 13.0. The minimum absolute atomic E-state index is 0.291. The second-order valence-corrected chi connectivity index (χ2v) is 7.24. The molecule has 8 heteroatoms. The highest BCUT2D eigenvalue weighted by Gasteiger charge is 2.38. The van der Waals surface area contributed by atoms with E-state index in [9.17, 15) is 14.7 Å². The Labute approximate surface area is 164 Å². The number of carbonyl (C=O) groups excluding carboxylic acids is 1. The third-order valence-electron chi connectivity index (χ3n) is 5.60. The average molecular weight is 389 g/mol. The van der Waals surface area contributed by atoms with E-state index in [0.29, 0.717) is 50.1 Å². The molecule has 28 heavy (non-hydrogen) atoms. The third-order valence-corrected chi connectivity index (χ3v) is 5.60. The number of morpholine rings is 1. The molecule has 0 saturated carbocycles. The Kier molecular flexibility index (Phi) is 6.18. The molecule has 2 N–H and O–H groups in total. The van der Waals surface area contributed by atoms with E-state index in [2.05, 4.69) is 10.3 Å². The Morgan fingerprint density at radius 1 is 1.29 bits per heavy atom. The van der Waals surface area contributed by atoms with Crippen LogP contribution in [0.1, 0.15) is 26.7 Å². The van der Waals surface area contributed by atoms with Crippen LogP contribution in [0.25, 0.3) is 0 Å².